The van der Waals surface area contributed by atoms with E-state index in [1.54, 1.807) is 0 Å². The maximum atomic E-state index is 11.7. The summed E-state index contributed by atoms with van der Waals surface area (Å²) in [6.07, 6.45) is 2.21. The average Bonchev–Trinajstić information content (AvgIpc) is 2.38. The van der Waals surface area contributed by atoms with Crippen molar-refractivity contribution in [1.82, 2.24) is 16.2 Å². The van der Waals surface area contributed by atoms with Crippen LogP contribution < -0.4 is 16.2 Å². The maximum Gasteiger partial charge on any atom is 0.239 e. The lowest BCUT2D eigenvalue weighted by Crippen LogP contribution is -2.55. The fourth-order valence-electron chi connectivity index (χ4n) is 1.56. The van der Waals surface area contributed by atoms with Gasteiger partial charge in [-0.15, -0.1) is 0 Å². The summed E-state index contributed by atoms with van der Waals surface area (Å²) in [5.74, 6) is -0.400. The Balaban J connectivity index is 2.46. The van der Waals surface area contributed by atoms with Crippen molar-refractivity contribution in [1.29, 1.82) is 0 Å². The van der Waals surface area contributed by atoms with E-state index in [4.69, 9.17) is 0 Å². The lowest BCUT2D eigenvalue weighted by atomic mass is 10.1. The highest BCUT2D eigenvalue weighted by Crippen LogP contribution is 2.03. The molecule has 1 aliphatic heterocycles. The number of rotatable bonds is 5. The van der Waals surface area contributed by atoms with Gasteiger partial charge in [0.05, 0.1) is 12.1 Å². The van der Waals surface area contributed by atoms with Gasteiger partial charge in [0.15, 0.2) is 0 Å². The molecule has 6 nitrogen and oxygen atoms in total. The molecular formula is C11H17N3O3. The second kappa shape index (κ2) is 6.85. The Bertz CT molecular complexity index is 331. The topological polar surface area (TPSA) is 90.5 Å². The largest absolute Gasteiger partial charge is 0.505 e. The highest BCUT2D eigenvalue weighted by Gasteiger charge is 2.23. The molecule has 94 valence electrons. The molecule has 1 amide bonds. The molecule has 4 N–H and O–H groups in total. The molecule has 0 aromatic rings. The number of amides is 1. The Morgan fingerprint density at radius 1 is 1.71 bits per heavy atom. The maximum absolute atomic E-state index is 11.7. The first kappa shape index (κ1) is 13.4. The summed E-state index contributed by atoms with van der Waals surface area (Å²) < 4.78 is 0. The molecule has 1 fully saturated rings. The van der Waals surface area contributed by atoms with Crippen molar-refractivity contribution in [3.8, 4) is 0 Å². The molecule has 0 aromatic heterocycles. The third-order valence-corrected chi connectivity index (χ3v) is 2.50. The van der Waals surface area contributed by atoms with E-state index in [-0.39, 0.29) is 24.1 Å². The SMILES string of the molecule is C=C=C(O)C[C@@H](C=O)NC(=O)[C@@H]1CCCNN1. The van der Waals surface area contributed by atoms with Crippen molar-refractivity contribution < 1.29 is 14.7 Å². The van der Waals surface area contributed by atoms with Gasteiger partial charge in [0, 0.05) is 13.0 Å². The van der Waals surface area contributed by atoms with Crippen LogP contribution in [0.25, 0.3) is 0 Å². The first-order valence-corrected chi connectivity index (χ1v) is 5.49. The molecule has 1 aliphatic rings. The third kappa shape index (κ3) is 4.40. The monoisotopic (exact) mass is 239 g/mol. The van der Waals surface area contributed by atoms with Crippen molar-refractivity contribution in [2.75, 3.05) is 6.54 Å². The van der Waals surface area contributed by atoms with E-state index >= 15 is 0 Å². The van der Waals surface area contributed by atoms with Gasteiger partial charge in [-0.1, -0.05) is 12.3 Å². The van der Waals surface area contributed by atoms with Gasteiger partial charge in [-0.25, -0.2) is 5.43 Å². The predicted molar refractivity (Wildman–Crippen MR) is 62.1 cm³/mol. The Labute approximate surface area is 99.7 Å². The van der Waals surface area contributed by atoms with Gasteiger partial charge >= 0.3 is 0 Å². The molecule has 0 unspecified atom stereocenters. The van der Waals surface area contributed by atoms with E-state index in [0.717, 1.165) is 13.0 Å². The molecule has 0 aliphatic carbocycles. The number of carbonyl (C=O) groups excluding carboxylic acids is 2. The zero-order chi connectivity index (χ0) is 12.7. The number of aldehydes is 1. The first-order chi connectivity index (χ1) is 8.17. The van der Waals surface area contributed by atoms with Crippen LogP contribution in [0.4, 0.5) is 0 Å². The lowest BCUT2D eigenvalue weighted by molar-refractivity contribution is -0.126. The second-order valence-corrected chi connectivity index (χ2v) is 3.84. The molecule has 6 heteroatoms. The molecule has 2 atom stereocenters. The molecule has 1 saturated heterocycles. The fraction of sp³-hybridized carbons (Fsp3) is 0.545. The predicted octanol–water partition coefficient (Wildman–Crippen LogP) is -0.456. The molecule has 0 radical (unpaired) electrons. The summed E-state index contributed by atoms with van der Waals surface area (Å²) in [6.45, 7) is 4.07. The minimum atomic E-state index is -0.750. The standard InChI is InChI=1S/C11H17N3O3/c1-2-9(16)6-8(7-15)13-11(17)10-4-3-5-12-14-10/h7-8,10,12,14,16H,1,3-6H2,(H,13,17)/t8-,10-/m0/s1. The van der Waals surface area contributed by atoms with Gasteiger partial charge in [-0.05, 0) is 12.8 Å². The van der Waals surface area contributed by atoms with Gasteiger partial charge in [-0.2, -0.15) is 0 Å². The van der Waals surface area contributed by atoms with Gasteiger partial charge < -0.3 is 15.2 Å². The fourth-order valence-corrected chi connectivity index (χ4v) is 1.56. The summed E-state index contributed by atoms with van der Waals surface area (Å²) in [6, 6.07) is -1.10. The minimum absolute atomic E-state index is 0.0128. The molecule has 1 rings (SSSR count). The van der Waals surface area contributed by atoms with Crippen LogP contribution in [0, 0.1) is 0 Å². The summed E-state index contributed by atoms with van der Waals surface area (Å²) in [5, 5.41) is 11.7. The third-order valence-electron chi connectivity index (χ3n) is 2.50. The lowest BCUT2D eigenvalue weighted by Gasteiger charge is -2.24. The van der Waals surface area contributed by atoms with Crippen molar-refractivity contribution in [2.45, 2.75) is 31.3 Å². The van der Waals surface area contributed by atoms with Crippen LogP contribution in [-0.4, -0.2) is 35.9 Å². The van der Waals surface area contributed by atoms with Gasteiger partial charge in [0.25, 0.3) is 0 Å². The Morgan fingerprint density at radius 3 is 3.00 bits per heavy atom. The van der Waals surface area contributed by atoms with Crippen LogP contribution in [0.3, 0.4) is 0 Å². The number of nitrogens with one attached hydrogen (secondary N) is 3. The quantitative estimate of drug-likeness (QED) is 0.296. The molecular weight excluding hydrogens is 222 g/mol. The van der Waals surface area contributed by atoms with Crippen LogP contribution in [0.5, 0.6) is 0 Å². The zero-order valence-corrected chi connectivity index (χ0v) is 9.53. The number of hydrazine groups is 1. The van der Waals surface area contributed by atoms with Gasteiger partial charge in [0.1, 0.15) is 12.0 Å². The van der Waals surface area contributed by atoms with Crippen LogP contribution >= 0.6 is 0 Å². The van der Waals surface area contributed by atoms with Crippen molar-refractivity contribution >= 4 is 12.2 Å². The highest BCUT2D eigenvalue weighted by atomic mass is 16.3. The van der Waals surface area contributed by atoms with Crippen LogP contribution in [0.1, 0.15) is 19.3 Å². The van der Waals surface area contributed by atoms with Gasteiger partial charge in [0.2, 0.25) is 5.91 Å². The Kier molecular flexibility index (Phi) is 5.42. The van der Waals surface area contributed by atoms with Gasteiger partial charge in [-0.3, -0.25) is 10.2 Å². The Hall–Kier alpha value is -1.62. The molecule has 0 spiro atoms. The van der Waals surface area contributed by atoms with Crippen molar-refractivity contribution in [2.24, 2.45) is 0 Å². The van der Waals surface area contributed by atoms with Crippen LogP contribution in [0.2, 0.25) is 0 Å². The summed E-state index contributed by atoms with van der Waals surface area (Å²) in [4.78, 5) is 22.5. The summed E-state index contributed by atoms with van der Waals surface area (Å²) in [5.41, 5.74) is 7.99. The number of aliphatic hydroxyl groups is 1. The summed E-state index contributed by atoms with van der Waals surface area (Å²) in [7, 11) is 0. The normalized spacial score (nSPS) is 21.1. The van der Waals surface area contributed by atoms with E-state index < -0.39 is 6.04 Å². The number of carbonyl (C=O) groups is 2. The molecule has 1 heterocycles. The van der Waals surface area contributed by atoms with E-state index in [1.807, 2.05) is 0 Å². The minimum Gasteiger partial charge on any atom is -0.505 e. The van der Waals surface area contributed by atoms with E-state index in [0.29, 0.717) is 12.7 Å². The molecule has 0 saturated carbocycles. The smallest absolute Gasteiger partial charge is 0.239 e. The second-order valence-electron chi connectivity index (χ2n) is 3.84. The number of aliphatic hydroxyl groups excluding tert-OH is 1. The molecule has 0 aromatic carbocycles. The van der Waals surface area contributed by atoms with E-state index in [2.05, 4.69) is 28.5 Å². The van der Waals surface area contributed by atoms with E-state index in [9.17, 15) is 14.7 Å². The molecule has 0 bridgehead atoms. The van der Waals surface area contributed by atoms with Crippen LogP contribution in [-0.2, 0) is 9.59 Å². The highest BCUT2D eigenvalue weighted by molar-refractivity contribution is 5.84. The summed E-state index contributed by atoms with van der Waals surface area (Å²) >= 11 is 0. The number of hydrogen-bond donors (Lipinski definition) is 4. The first-order valence-electron chi connectivity index (χ1n) is 5.49. The zero-order valence-electron chi connectivity index (χ0n) is 9.53. The van der Waals surface area contributed by atoms with Crippen molar-refractivity contribution in [3.05, 3.63) is 18.1 Å². The van der Waals surface area contributed by atoms with Crippen molar-refractivity contribution in [3.63, 3.8) is 0 Å². The van der Waals surface area contributed by atoms with E-state index in [1.165, 1.54) is 0 Å². The average molecular weight is 239 g/mol. The Morgan fingerprint density at radius 2 is 2.47 bits per heavy atom. The molecule has 17 heavy (non-hydrogen) atoms. The number of hydrogen-bond acceptors (Lipinski definition) is 5. The van der Waals surface area contributed by atoms with Crippen LogP contribution in [0.15, 0.2) is 18.1 Å².